The molecule has 1 aliphatic rings. The summed E-state index contributed by atoms with van der Waals surface area (Å²) >= 11 is 0. The normalized spacial score (nSPS) is 30.5. The van der Waals surface area contributed by atoms with Crippen molar-refractivity contribution in [2.75, 3.05) is 7.11 Å². The van der Waals surface area contributed by atoms with Gasteiger partial charge in [0.25, 0.3) is 0 Å². The summed E-state index contributed by atoms with van der Waals surface area (Å²) in [5, 5.41) is 10.7. The van der Waals surface area contributed by atoms with E-state index >= 15 is 0 Å². The minimum absolute atomic E-state index is 0.238. The molecule has 0 unspecified atom stereocenters. The monoisotopic (exact) mass is 234 g/mol. The van der Waals surface area contributed by atoms with Crippen molar-refractivity contribution >= 4 is 5.97 Å². The van der Waals surface area contributed by atoms with Gasteiger partial charge < -0.3 is 9.84 Å². The molecule has 0 radical (unpaired) electrons. The predicted octanol–water partition coefficient (Wildman–Crippen LogP) is 2.09. The van der Waals surface area contributed by atoms with Crippen LogP contribution in [0.4, 0.5) is 0 Å². The highest BCUT2D eigenvalue weighted by atomic mass is 16.5. The molecule has 0 bridgehead atoms. The minimum atomic E-state index is -0.937. The number of hydrogen-bond acceptors (Lipinski definition) is 3. The summed E-state index contributed by atoms with van der Waals surface area (Å²) < 4.78 is 4.77. The van der Waals surface area contributed by atoms with Crippen LogP contribution in [0.3, 0.4) is 0 Å². The first kappa shape index (κ1) is 12.1. The first-order valence-corrected chi connectivity index (χ1v) is 5.79. The van der Waals surface area contributed by atoms with Gasteiger partial charge in [0.2, 0.25) is 0 Å². The molecule has 1 aliphatic carbocycles. The summed E-state index contributed by atoms with van der Waals surface area (Å²) in [7, 11) is 1.39. The third kappa shape index (κ3) is 1.57. The Labute approximate surface area is 101 Å². The predicted molar refractivity (Wildman–Crippen MR) is 64.2 cm³/mol. The molecular weight excluding hydrogens is 216 g/mol. The third-order valence-electron chi connectivity index (χ3n) is 4.17. The van der Waals surface area contributed by atoms with Crippen LogP contribution in [0.5, 0.6) is 0 Å². The highest BCUT2D eigenvalue weighted by molar-refractivity contribution is 5.75. The number of esters is 1. The molecule has 1 fully saturated rings. The smallest absolute Gasteiger partial charge is 0.309 e. The van der Waals surface area contributed by atoms with Gasteiger partial charge in [-0.05, 0) is 12.0 Å². The largest absolute Gasteiger partial charge is 0.469 e. The topological polar surface area (TPSA) is 46.5 Å². The van der Waals surface area contributed by atoms with Crippen LogP contribution >= 0.6 is 0 Å². The van der Waals surface area contributed by atoms with Crippen molar-refractivity contribution < 1.29 is 14.6 Å². The molecule has 1 N–H and O–H groups in total. The van der Waals surface area contributed by atoms with Gasteiger partial charge in [0.1, 0.15) is 0 Å². The molecule has 2 rings (SSSR count). The maximum absolute atomic E-state index is 11.6. The van der Waals surface area contributed by atoms with E-state index in [2.05, 4.69) is 0 Å². The quantitative estimate of drug-likeness (QED) is 0.797. The zero-order valence-electron chi connectivity index (χ0n) is 10.4. The Morgan fingerprint density at radius 1 is 1.35 bits per heavy atom. The number of carbonyl (C=O) groups excluding carboxylic acids is 1. The van der Waals surface area contributed by atoms with E-state index in [1.54, 1.807) is 0 Å². The number of rotatable bonds is 2. The van der Waals surface area contributed by atoms with Gasteiger partial charge in [-0.25, -0.2) is 0 Å². The van der Waals surface area contributed by atoms with E-state index in [1.165, 1.54) is 7.11 Å². The second kappa shape index (κ2) is 3.84. The fourth-order valence-electron chi connectivity index (χ4n) is 2.69. The van der Waals surface area contributed by atoms with Crippen LogP contribution in [0, 0.1) is 11.3 Å². The van der Waals surface area contributed by atoms with E-state index in [0.29, 0.717) is 6.42 Å². The number of methoxy groups -OCH3 is 1. The molecule has 0 aromatic heterocycles. The first-order chi connectivity index (χ1) is 7.93. The second-order valence-electron chi connectivity index (χ2n) is 5.23. The van der Waals surface area contributed by atoms with Crippen LogP contribution < -0.4 is 0 Å². The molecule has 3 heteroatoms. The van der Waals surface area contributed by atoms with E-state index < -0.39 is 11.0 Å². The van der Waals surface area contributed by atoms with E-state index in [4.69, 9.17) is 4.74 Å². The van der Waals surface area contributed by atoms with E-state index in [-0.39, 0.29) is 11.9 Å². The van der Waals surface area contributed by atoms with Crippen molar-refractivity contribution in [1.29, 1.82) is 0 Å². The lowest BCUT2D eigenvalue weighted by Crippen LogP contribution is -2.60. The highest BCUT2D eigenvalue weighted by Crippen LogP contribution is 2.60. The Kier molecular flexibility index (Phi) is 2.74. The molecule has 0 spiro atoms. The van der Waals surface area contributed by atoms with Gasteiger partial charge >= 0.3 is 5.97 Å². The van der Waals surface area contributed by atoms with E-state index in [1.807, 2.05) is 44.2 Å². The summed E-state index contributed by atoms with van der Waals surface area (Å²) in [6, 6.07) is 9.50. The Morgan fingerprint density at radius 3 is 2.41 bits per heavy atom. The second-order valence-corrected chi connectivity index (χ2v) is 5.23. The maximum Gasteiger partial charge on any atom is 0.309 e. The first-order valence-electron chi connectivity index (χ1n) is 5.79. The molecule has 0 saturated heterocycles. The van der Waals surface area contributed by atoms with Gasteiger partial charge in [-0.2, -0.15) is 0 Å². The van der Waals surface area contributed by atoms with Gasteiger partial charge in [0, 0.05) is 5.41 Å². The number of hydrogen-bond donors (Lipinski definition) is 1. The molecule has 3 nitrogen and oxygen atoms in total. The summed E-state index contributed by atoms with van der Waals surface area (Å²) in [6.07, 6.45) is 0.427. The summed E-state index contributed by atoms with van der Waals surface area (Å²) in [5.74, 6) is -0.478. The molecule has 1 aromatic rings. The third-order valence-corrected chi connectivity index (χ3v) is 4.17. The molecule has 1 saturated carbocycles. The zero-order chi connectivity index (χ0) is 12.7. The molecular formula is C14H18O3. The summed E-state index contributed by atoms with van der Waals surface area (Å²) in [4.78, 5) is 11.6. The Bertz CT molecular complexity index is 424. The van der Waals surface area contributed by atoms with Crippen molar-refractivity contribution in [2.45, 2.75) is 25.9 Å². The number of carbonyl (C=O) groups is 1. The molecule has 92 valence electrons. The molecule has 2 atom stereocenters. The fraction of sp³-hybridized carbons (Fsp3) is 0.500. The molecule has 0 aliphatic heterocycles. The number of ether oxygens (including phenoxy) is 1. The number of aliphatic hydroxyl groups is 1. The van der Waals surface area contributed by atoms with Gasteiger partial charge in [0.15, 0.2) is 0 Å². The van der Waals surface area contributed by atoms with Crippen LogP contribution in [0.25, 0.3) is 0 Å². The highest BCUT2D eigenvalue weighted by Gasteiger charge is 2.63. The van der Waals surface area contributed by atoms with Gasteiger partial charge in [-0.1, -0.05) is 44.2 Å². The lowest BCUT2D eigenvalue weighted by atomic mass is 9.49. The zero-order valence-corrected chi connectivity index (χ0v) is 10.4. The Hall–Kier alpha value is -1.35. The fourth-order valence-corrected chi connectivity index (χ4v) is 2.69. The summed E-state index contributed by atoms with van der Waals surface area (Å²) in [5.41, 5.74) is -0.570. The van der Waals surface area contributed by atoms with Crippen LogP contribution in [-0.2, 0) is 15.1 Å². The minimum Gasteiger partial charge on any atom is -0.469 e. The lowest BCUT2D eigenvalue weighted by molar-refractivity contribution is -0.216. The van der Waals surface area contributed by atoms with Crippen LogP contribution in [-0.4, -0.2) is 18.2 Å². The van der Waals surface area contributed by atoms with Crippen molar-refractivity contribution in [2.24, 2.45) is 11.3 Å². The van der Waals surface area contributed by atoms with Gasteiger partial charge in [-0.3, -0.25) is 4.79 Å². The van der Waals surface area contributed by atoms with Crippen molar-refractivity contribution in [1.82, 2.24) is 0 Å². The van der Waals surface area contributed by atoms with Crippen LogP contribution in [0.15, 0.2) is 30.3 Å². The standard InChI is InChI=1S/C14H18O3/c1-13(2)11(12(15)17-3)9-14(13,16)10-7-5-4-6-8-10/h4-8,11,16H,9H2,1-3H3/t11-,14+/m1/s1. The Morgan fingerprint density at radius 2 is 1.94 bits per heavy atom. The average molecular weight is 234 g/mol. The molecule has 0 heterocycles. The SMILES string of the molecule is COC(=O)[C@H]1C[C@](O)(c2ccccc2)C1(C)C. The number of benzene rings is 1. The van der Waals surface area contributed by atoms with Gasteiger partial charge in [0.05, 0.1) is 18.6 Å². The van der Waals surface area contributed by atoms with E-state index in [9.17, 15) is 9.90 Å². The van der Waals surface area contributed by atoms with Crippen molar-refractivity contribution in [3.8, 4) is 0 Å². The van der Waals surface area contributed by atoms with Gasteiger partial charge in [-0.15, -0.1) is 0 Å². The molecule has 0 amide bonds. The van der Waals surface area contributed by atoms with Crippen molar-refractivity contribution in [3.05, 3.63) is 35.9 Å². The van der Waals surface area contributed by atoms with Crippen LogP contribution in [0.1, 0.15) is 25.8 Å². The molecule has 17 heavy (non-hydrogen) atoms. The Balaban J connectivity index is 2.29. The molecule has 1 aromatic carbocycles. The van der Waals surface area contributed by atoms with E-state index in [0.717, 1.165) is 5.56 Å². The summed E-state index contributed by atoms with van der Waals surface area (Å²) in [6.45, 7) is 3.82. The lowest BCUT2D eigenvalue weighted by Gasteiger charge is -2.57. The maximum atomic E-state index is 11.6. The average Bonchev–Trinajstić information content (AvgIpc) is 2.35. The van der Waals surface area contributed by atoms with Crippen LogP contribution in [0.2, 0.25) is 0 Å². The van der Waals surface area contributed by atoms with Crippen molar-refractivity contribution in [3.63, 3.8) is 0 Å².